The van der Waals surface area contributed by atoms with Crippen LogP contribution < -0.4 is 5.32 Å². The fourth-order valence-corrected chi connectivity index (χ4v) is 3.20. The first-order chi connectivity index (χ1) is 12.7. The normalized spacial score (nSPS) is 14.0. The van der Waals surface area contributed by atoms with Crippen LogP contribution in [-0.4, -0.2) is 28.7 Å². The molecular formula is C18H10Cl3N3O3. The van der Waals surface area contributed by atoms with Crippen molar-refractivity contribution in [3.63, 3.8) is 0 Å². The van der Waals surface area contributed by atoms with E-state index < -0.39 is 23.8 Å². The molecule has 1 aliphatic heterocycles. The lowest BCUT2D eigenvalue weighted by atomic mass is 10.1. The lowest BCUT2D eigenvalue weighted by Gasteiger charge is -2.21. The van der Waals surface area contributed by atoms with Gasteiger partial charge in [0.1, 0.15) is 12.1 Å². The van der Waals surface area contributed by atoms with Crippen LogP contribution in [0.15, 0.2) is 30.3 Å². The largest absolute Gasteiger partial charge is 0.324 e. The Bertz CT molecular complexity index is 1010. The number of hydrogen-bond donors (Lipinski definition) is 1. The average Bonchev–Trinajstić information content (AvgIpc) is 2.85. The number of halogens is 3. The summed E-state index contributed by atoms with van der Waals surface area (Å²) in [5, 5.41) is 11.9. The molecule has 1 aliphatic rings. The Hall–Kier alpha value is -2.59. The second-order valence-corrected chi connectivity index (χ2v) is 6.99. The molecule has 2 aromatic carbocycles. The lowest BCUT2D eigenvalue weighted by molar-refractivity contribution is -0.119. The van der Waals surface area contributed by atoms with E-state index >= 15 is 0 Å². The zero-order chi connectivity index (χ0) is 19.9. The third-order valence-electron chi connectivity index (χ3n) is 4.08. The number of fused-ring (bicyclic) bond motifs is 1. The van der Waals surface area contributed by atoms with Crippen LogP contribution in [0.4, 0.5) is 5.69 Å². The Morgan fingerprint density at radius 2 is 1.59 bits per heavy atom. The van der Waals surface area contributed by atoms with Crippen molar-refractivity contribution in [2.75, 3.05) is 5.32 Å². The monoisotopic (exact) mass is 421 g/mol. The van der Waals surface area contributed by atoms with Crippen molar-refractivity contribution >= 4 is 58.2 Å². The number of anilines is 1. The van der Waals surface area contributed by atoms with Crippen molar-refractivity contribution in [1.82, 2.24) is 4.90 Å². The van der Waals surface area contributed by atoms with Gasteiger partial charge in [-0.15, -0.1) is 0 Å². The van der Waals surface area contributed by atoms with Crippen LogP contribution in [0.2, 0.25) is 15.1 Å². The van der Waals surface area contributed by atoms with Gasteiger partial charge < -0.3 is 5.32 Å². The van der Waals surface area contributed by atoms with Gasteiger partial charge in [-0.05, 0) is 37.3 Å². The van der Waals surface area contributed by atoms with Crippen LogP contribution in [-0.2, 0) is 4.79 Å². The maximum atomic E-state index is 12.6. The Morgan fingerprint density at radius 3 is 2.07 bits per heavy atom. The molecule has 3 amide bonds. The van der Waals surface area contributed by atoms with E-state index in [0.717, 1.165) is 4.90 Å². The molecule has 0 radical (unpaired) electrons. The summed E-state index contributed by atoms with van der Waals surface area (Å²) in [7, 11) is 0. The van der Waals surface area contributed by atoms with Crippen molar-refractivity contribution in [1.29, 1.82) is 5.26 Å². The third kappa shape index (κ3) is 3.37. The maximum Gasteiger partial charge on any atom is 0.262 e. The number of amides is 3. The Labute approximate surface area is 169 Å². The van der Waals surface area contributed by atoms with E-state index in [0.29, 0.717) is 5.69 Å². The van der Waals surface area contributed by atoms with Gasteiger partial charge >= 0.3 is 0 Å². The van der Waals surface area contributed by atoms with Gasteiger partial charge in [-0.1, -0.05) is 34.8 Å². The molecule has 0 spiro atoms. The Morgan fingerprint density at radius 1 is 1.04 bits per heavy atom. The molecule has 6 nitrogen and oxygen atoms in total. The predicted molar refractivity (Wildman–Crippen MR) is 101 cm³/mol. The minimum Gasteiger partial charge on any atom is -0.324 e. The molecule has 0 saturated heterocycles. The van der Waals surface area contributed by atoms with Crippen LogP contribution in [0.1, 0.15) is 33.2 Å². The van der Waals surface area contributed by atoms with Gasteiger partial charge in [-0.2, -0.15) is 5.26 Å². The fraction of sp³-hybridized carbons (Fsp3) is 0.111. The first-order valence-electron chi connectivity index (χ1n) is 7.62. The van der Waals surface area contributed by atoms with E-state index in [-0.39, 0.29) is 31.8 Å². The molecule has 0 unspecified atom stereocenters. The number of rotatable bonds is 3. The maximum absolute atomic E-state index is 12.6. The van der Waals surface area contributed by atoms with Gasteiger partial charge in [0.15, 0.2) is 0 Å². The lowest BCUT2D eigenvalue weighted by Crippen LogP contribution is -2.45. The molecule has 27 heavy (non-hydrogen) atoms. The molecule has 0 saturated carbocycles. The summed E-state index contributed by atoms with van der Waals surface area (Å²) in [6.45, 7) is 1.42. The Balaban J connectivity index is 1.83. The molecule has 9 heteroatoms. The van der Waals surface area contributed by atoms with Gasteiger partial charge in [0.25, 0.3) is 11.8 Å². The molecule has 1 heterocycles. The van der Waals surface area contributed by atoms with Crippen LogP contribution in [0.5, 0.6) is 0 Å². The number of imide groups is 1. The summed E-state index contributed by atoms with van der Waals surface area (Å²) in [5.74, 6) is -1.86. The minimum atomic E-state index is -1.09. The minimum absolute atomic E-state index is 0.0930. The highest BCUT2D eigenvalue weighted by Gasteiger charge is 2.41. The highest BCUT2D eigenvalue weighted by atomic mass is 35.5. The van der Waals surface area contributed by atoms with Crippen molar-refractivity contribution in [3.05, 3.63) is 62.1 Å². The van der Waals surface area contributed by atoms with Crippen molar-refractivity contribution in [2.45, 2.75) is 13.0 Å². The van der Waals surface area contributed by atoms with Crippen LogP contribution in [0.25, 0.3) is 0 Å². The zero-order valence-electron chi connectivity index (χ0n) is 13.7. The van der Waals surface area contributed by atoms with Gasteiger partial charge in [0.05, 0.1) is 31.8 Å². The predicted octanol–water partition coefficient (Wildman–Crippen LogP) is 4.14. The molecule has 3 rings (SSSR count). The average molecular weight is 423 g/mol. The quantitative estimate of drug-likeness (QED) is 0.753. The van der Waals surface area contributed by atoms with Crippen LogP contribution >= 0.6 is 34.8 Å². The van der Waals surface area contributed by atoms with Gasteiger partial charge in [0.2, 0.25) is 5.91 Å². The van der Waals surface area contributed by atoms with E-state index in [1.54, 1.807) is 0 Å². The molecule has 1 N–H and O–H groups in total. The van der Waals surface area contributed by atoms with E-state index in [9.17, 15) is 14.4 Å². The number of hydrogen-bond acceptors (Lipinski definition) is 4. The number of nitrogens with one attached hydrogen (secondary N) is 1. The van der Waals surface area contributed by atoms with E-state index in [4.69, 9.17) is 40.1 Å². The van der Waals surface area contributed by atoms with E-state index in [1.165, 1.54) is 37.3 Å². The standard InChI is InChI=1S/C18H10Cl3N3O3/c1-8(16(25)23-10-3-2-9(7-22)13(19)4-10)24-17(26)11-5-14(20)15(21)6-12(11)18(24)27/h2-6,8H,1H3,(H,23,25)/t8-/m0/s1. The van der Waals surface area contributed by atoms with Crippen molar-refractivity contribution in [2.24, 2.45) is 0 Å². The van der Waals surface area contributed by atoms with Gasteiger partial charge in [0, 0.05) is 5.69 Å². The van der Waals surface area contributed by atoms with Crippen molar-refractivity contribution in [3.8, 4) is 6.07 Å². The highest BCUT2D eigenvalue weighted by Crippen LogP contribution is 2.32. The second kappa shape index (κ2) is 7.20. The van der Waals surface area contributed by atoms with Crippen LogP contribution in [0, 0.1) is 11.3 Å². The van der Waals surface area contributed by atoms with Gasteiger partial charge in [-0.3, -0.25) is 19.3 Å². The van der Waals surface area contributed by atoms with Crippen molar-refractivity contribution < 1.29 is 14.4 Å². The molecule has 0 fully saturated rings. The van der Waals surface area contributed by atoms with E-state index in [1.807, 2.05) is 6.07 Å². The summed E-state index contributed by atoms with van der Waals surface area (Å²) in [6, 6.07) is 7.80. The Kier molecular flexibility index (Phi) is 5.11. The summed E-state index contributed by atoms with van der Waals surface area (Å²) in [4.78, 5) is 38.5. The second-order valence-electron chi connectivity index (χ2n) is 5.76. The summed E-state index contributed by atoms with van der Waals surface area (Å²) in [6.07, 6.45) is 0. The molecular weight excluding hydrogens is 413 g/mol. The van der Waals surface area contributed by atoms with Gasteiger partial charge in [-0.25, -0.2) is 0 Å². The molecule has 1 atom stereocenters. The first-order valence-corrected chi connectivity index (χ1v) is 8.75. The molecule has 136 valence electrons. The first kappa shape index (κ1) is 19.2. The number of nitriles is 1. The number of nitrogens with zero attached hydrogens (tertiary/aromatic N) is 2. The SMILES string of the molecule is C[C@@H](C(=O)Nc1ccc(C#N)c(Cl)c1)N1C(=O)c2cc(Cl)c(Cl)cc2C1=O. The molecule has 0 aromatic heterocycles. The van der Waals surface area contributed by atoms with Crippen LogP contribution in [0.3, 0.4) is 0 Å². The molecule has 2 aromatic rings. The fourth-order valence-electron chi connectivity index (χ4n) is 2.65. The summed E-state index contributed by atoms with van der Waals surface area (Å²) in [5.41, 5.74) is 0.779. The van der Waals surface area contributed by atoms with E-state index in [2.05, 4.69) is 5.32 Å². The smallest absolute Gasteiger partial charge is 0.262 e. The third-order valence-corrected chi connectivity index (χ3v) is 5.12. The number of benzene rings is 2. The number of carbonyl (C=O) groups excluding carboxylic acids is 3. The zero-order valence-corrected chi connectivity index (χ0v) is 16.0. The molecule has 0 aliphatic carbocycles. The number of carbonyl (C=O) groups is 3. The summed E-state index contributed by atoms with van der Waals surface area (Å²) < 4.78 is 0. The topological polar surface area (TPSA) is 90.3 Å². The molecule has 0 bridgehead atoms. The highest BCUT2D eigenvalue weighted by molar-refractivity contribution is 6.43. The summed E-state index contributed by atoms with van der Waals surface area (Å²) >= 11 is 17.8.